The number of aromatic nitrogens is 4. The summed E-state index contributed by atoms with van der Waals surface area (Å²) in [6.07, 6.45) is 0. The summed E-state index contributed by atoms with van der Waals surface area (Å²) in [4.78, 5) is 21.3. The number of carbonyl (C=O) groups is 1. The summed E-state index contributed by atoms with van der Waals surface area (Å²) in [5.41, 5.74) is 0.955. The number of amides is 1. The molecule has 0 radical (unpaired) electrons. The SMILES string of the molecule is Cc1nc(C(=O)NC(C)c2sc(C)nc2C)n[nH]1. The summed E-state index contributed by atoms with van der Waals surface area (Å²) < 4.78 is 0. The van der Waals surface area contributed by atoms with Crippen LogP contribution in [0.2, 0.25) is 0 Å². The van der Waals surface area contributed by atoms with Gasteiger partial charge in [0.15, 0.2) is 0 Å². The molecule has 0 aliphatic carbocycles. The monoisotopic (exact) mass is 265 g/mol. The van der Waals surface area contributed by atoms with E-state index < -0.39 is 0 Å². The number of aromatic amines is 1. The van der Waals surface area contributed by atoms with Crippen LogP contribution in [-0.2, 0) is 0 Å². The largest absolute Gasteiger partial charge is 0.342 e. The molecule has 2 aromatic rings. The molecule has 18 heavy (non-hydrogen) atoms. The van der Waals surface area contributed by atoms with Crippen LogP contribution in [0.1, 0.15) is 45.0 Å². The lowest BCUT2D eigenvalue weighted by Crippen LogP contribution is -2.27. The van der Waals surface area contributed by atoms with E-state index in [1.165, 1.54) is 0 Å². The van der Waals surface area contributed by atoms with Gasteiger partial charge in [-0.3, -0.25) is 9.89 Å². The van der Waals surface area contributed by atoms with Crippen molar-refractivity contribution in [2.45, 2.75) is 33.7 Å². The Balaban J connectivity index is 2.10. The molecule has 2 N–H and O–H groups in total. The van der Waals surface area contributed by atoms with Crippen LogP contribution in [0.4, 0.5) is 0 Å². The molecule has 96 valence electrons. The molecule has 0 spiro atoms. The molecule has 0 aliphatic rings. The molecule has 2 aromatic heterocycles. The minimum atomic E-state index is -0.280. The molecular weight excluding hydrogens is 250 g/mol. The lowest BCUT2D eigenvalue weighted by Gasteiger charge is -2.11. The van der Waals surface area contributed by atoms with E-state index in [1.807, 2.05) is 20.8 Å². The molecule has 1 unspecified atom stereocenters. The van der Waals surface area contributed by atoms with Crippen LogP contribution in [0.15, 0.2) is 0 Å². The first kappa shape index (κ1) is 12.7. The van der Waals surface area contributed by atoms with Gasteiger partial charge in [0.05, 0.1) is 16.7 Å². The van der Waals surface area contributed by atoms with E-state index in [0.29, 0.717) is 5.82 Å². The third kappa shape index (κ3) is 2.56. The molecule has 0 saturated heterocycles. The number of aryl methyl sites for hydroxylation is 3. The number of thiazole rings is 1. The number of rotatable bonds is 3. The zero-order chi connectivity index (χ0) is 13.3. The van der Waals surface area contributed by atoms with Crippen molar-refractivity contribution in [3.05, 3.63) is 27.2 Å². The van der Waals surface area contributed by atoms with E-state index in [1.54, 1.807) is 18.3 Å². The van der Waals surface area contributed by atoms with Crippen molar-refractivity contribution in [3.8, 4) is 0 Å². The predicted octanol–water partition coefficient (Wildman–Crippen LogP) is 1.68. The lowest BCUT2D eigenvalue weighted by molar-refractivity contribution is 0.0930. The molecule has 0 bridgehead atoms. The zero-order valence-corrected chi connectivity index (χ0v) is 11.6. The highest BCUT2D eigenvalue weighted by molar-refractivity contribution is 7.11. The van der Waals surface area contributed by atoms with Gasteiger partial charge in [0.2, 0.25) is 5.82 Å². The van der Waals surface area contributed by atoms with Gasteiger partial charge in [-0.25, -0.2) is 9.97 Å². The highest BCUT2D eigenvalue weighted by Gasteiger charge is 2.18. The Hall–Kier alpha value is -1.76. The Morgan fingerprint density at radius 2 is 2.06 bits per heavy atom. The summed E-state index contributed by atoms with van der Waals surface area (Å²) in [6, 6.07) is -0.0949. The second-order valence-electron chi connectivity index (χ2n) is 4.12. The first-order chi connectivity index (χ1) is 8.47. The van der Waals surface area contributed by atoms with E-state index in [9.17, 15) is 4.79 Å². The van der Waals surface area contributed by atoms with Gasteiger partial charge in [0.1, 0.15) is 5.82 Å². The van der Waals surface area contributed by atoms with Crippen LogP contribution >= 0.6 is 11.3 Å². The van der Waals surface area contributed by atoms with Crippen molar-refractivity contribution in [3.63, 3.8) is 0 Å². The topological polar surface area (TPSA) is 83.6 Å². The lowest BCUT2D eigenvalue weighted by atomic mass is 10.2. The summed E-state index contributed by atoms with van der Waals surface area (Å²) >= 11 is 1.59. The average molecular weight is 265 g/mol. The molecule has 2 rings (SSSR count). The number of hydrogen-bond acceptors (Lipinski definition) is 5. The van der Waals surface area contributed by atoms with Crippen LogP contribution in [0.25, 0.3) is 0 Å². The van der Waals surface area contributed by atoms with E-state index in [0.717, 1.165) is 15.6 Å². The highest BCUT2D eigenvalue weighted by Crippen LogP contribution is 2.24. The number of hydrogen-bond donors (Lipinski definition) is 2. The fraction of sp³-hybridized carbons (Fsp3) is 0.455. The molecule has 7 heteroatoms. The minimum Gasteiger partial charge on any atom is -0.342 e. The third-order valence-electron chi connectivity index (χ3n) is 2.48. The Morgan fingerprint density at radius 1 is 1.33 bits per heavy atom. The molecule has 0 aliphatic heterocycles. The van der Waals surface area contributed by atoms with Crippen molar-refractivity contribution in [1.82, 2.24) is 25.5 Å². The highest BCUT2D eigenvalue weighted by atomic mass is 32.1. The zero-order valence-electron chi connectivity index (χ0n) is 10.7. The fourth-order valence-electron chi connectivity index (χ4n) is 1.72. The van der Waals surface area contributed by atoms with Crippen molar-refractivity contribution >= 4 is 17.2 Å². The maximum absolute atomic E-state index is 11.9. The first-order valence-electron chi connectivity index (χ1n) is 5.61. The van der Waals surface area contributed by atoms with Crippen LogP contribution < -0.4 is 5.32 Å². The van der Waals surface area contributed by atoms with E-state index in [4.69, 9.17) is 0 Å². The van der Waals surface area contributed by atoms with Gasteiger partial charge in [-0.1, -0.05) is 0 Å². The van der Waals surface area contributed by atoms with Crippen LogP contribution in [0.5, 0.6) is 0 Å². The summed E-state index contributed by atoms with van der Waals surface area (Å²) in [5.74, 6) is 0.508. The molecule has 1 atom stereocenters. The second-order valence-corrected chi connectivity index (χ2v) is 5.36. The van der Waals surface area contributed by atoms with E-state index >= 15 is 0 Å². The fourth-order valence-corrected chi connectivity index (χ4v) is 2.65. The maximum Gasteiger partial charge on any atom is 0.291 e. The molecular formula is C11H15N5OS. The first-order valence-corrected chi connectivity index (χ1v) is 6.43. The van der Waals surface area contributed by atoms with Crippen molar-refractivity contribution < 1.29 is 4.79 Å². The van der Waals surface area contributed by atoms with Gasteiger partial charge >= 0.3 is 0 Å². The van der Waals surface area contributed by atoms with Crippen molar-refractivity contribution in [2.75, 3.05) is 0 Å². The van der Waals surface area contributed by atoms with Gasteiger partial charge in [-0.15, -0.1) is 16.4 Å². The van der Waals surface area contributed by atoms with Gasteiger partial charge < -0.3 is 5.32 Å². The molecule has 0 aromatic carbocycles. The Bertz CT molecular complexity index is 574. The third-order valence-corrected chi connectivity index (χ3v) is 3.74. The van der Waals surface area contributed by atoms with Crippen LogP contribution in [0, 0.1) is 20.8 Å². The molecule has 2 heterocycles. The van der Waals surface area contributed by atoms with Gasteiger partial charge in [0, 0.05) is 4.88 Å². The number of carbonyl (C=O) groups excluding carboxylic acids is 1. The number of H-pyrrole nitrogens is 1. The van der Waals surface area contributed by atoms with E-state index in [2.05, 4.69) is 25.5 Å². The van der Waals surface area contributed by atoms with Gasteiger partial charge in [-0.05, 0) is 27.7 Å². The average Bonchev–Trinajstić information content (AvgIpc) is 2.84. The Morgan fingerprint density at radius 3 is 2.56 bits per heavy atom. The summed E-state index contributed by atoms with van der Waals surface area (Å²) in [7, 11) is 0. The standard InChI is InChI=1S/C11H15N5OS/c1-5-9(18-8(4)12-5)6(2)13-11(17)10-14-7(3)15-16-10/h6H,1-4H3,(H,13,17)(H,14,15,16). The van der Waals surface area contributed by atoms with Gasteiger partial charge in [-0.2, -0.15) is 0 Å². The van der Waals surface area contributed by atoms with Crippen LogP contribution in [0.3, 0.4) is 0 Å². The summed E-state index contributed by atoms with van der Waals surface area (Å²) in [5, 5.41) is 10.3. The Labute approximate surface area is 109 Å². The maximum atomic E-state index is 11.9. The molecule has 0 saturated carbocycles. The van der Waals surface area contributed by atoms with E-state index in [-0.39, 0.29) is 17.8 Å². The molecule has 1 amide bonds. The van der Waals surface area contributed by atoms with Gasteiger partial charge in [0.25, 0.3) is 5.91 Å². The Kier molecular flexibility index (Phi) is 3.42. The summed E-state index contributed by atoms with van der Waals surface area (Å²) in [6.45, 7) is 7.58. The molecule has 6 nitrogen and oxygen atoms in total. The number of nitrogens with zero attached hydrogens (tertiary/aromatic N) is 3. The predicted molar refractivity (Wildman–Crippen MR) is 68.6 cm³/mol. The van der Waals surface area contributed by atoms with Crippen molar-refractivity contribution in [2.24, 2.45) is 0 Å². The smallest absolute Gasteiger partial charge is 0.291 e. The normalized spacial score (nSPS) is 12.4. The van der Waals surface area contributed by atoms with Crippen LogP contribution in [-0.4, -0.2) is 26.1 Å². The quantitative estimate of drug-likeness (QED) is 0.884. The second kappa shape index (κ2) is 4.85. The number of nitrogens with one attached hydrogen (secondary N) is 2. The minimum absolute atomic E-state index is 0.0949. The van der Waals surface area contributed by atoms with Crippen molar-refractivity contribution in [1.29, 1.82) is 0 Å². The molecule has 0 fully saturated rings.